The minimum atomic E-state index is 0.179. The SMILES string of the molecule is Cc1ccc(-c2nc(N)nc3c2nnn3CCN2CCN(c3ccc(OC4CCOCC4)cc3)CC2)o1. The number of hydrogen-bond donors (Lipinski definition) is 1. The van der Waals surface area contributed by atoms with Crippen LogP contribution in [0.3, 0.4) is 0 Å². The number of benzene rings is 1. The number of furan rings is 1. The largest absolute Gasteiger partial charge is 0.490 e. The van der Waals surface area contributed by atoms with Gasteiger partial charge in [0.25, 0.3) is 0 Å². The average molecular weight is 505 g/mol. The van der Waals surface area contributed by atoms with Gasteiger partial charge < -0.3 is 24.5 Å². The Bertz CT molecular complexity index is 1340. The van der Waals surface area contributed by atoms with Gasteiger partial charge in [-0.2, -0.15) is 4.98 Å². The molecule has 194 valence electrons. The fraction of sp³-hybridized carbons (Fsp3) is 0.462. The van der Waals surface area contributed by atoms with Crippen molar-refractivity contribution in [3.05, 3.63) is 42.2 Å². The molecule has 6 rings (SSSR count). The standard InChI is InChI=1S/C26H32N8O3/c1-18-2-7-22(36-18)23-24-25(29-26(27)28-23)34(31-30-24)15-12-32-10-13-33(14-11-32)19-3-5-20(6-4-19)37-21-8-16-35-17-9-21/h2-7,21H,8-17H2,1H3,(H2,27,28,29). The summed E-state index contributed by atoms with van der Waals surface area (Å²) < 4.78 is 19.1. The lowest BCUT2D eigenvalue weighted by molar-refractivity contribution is 0.0256. The minimum absolute atomic E-state index is 0.179. The van der Waals surface area contributed by atoms with E-state index in [-0.39, 0.29) is 12.1 Å². The molecule has 2 fully saturated rings. The molecule has 0 atom stereocenters. The molecular formula is C26H32N8O3. The van der Waals surface area contributed by atoms with E-state index in [9.17, 15) is 0 Å². The van der Waals surface area contributed by atoms with Crippen LogP contribution in [-0.4, -0.2) is 81.9 Å². The first-order valence-electron chi connectivity index (χ1n) is 12.9. The first-order chi connectivity index (χ1) is 18.1. The maximum Gasteiger partial charge on any atom is 0.222 e. The quantitative estimate of drug-likeness (QED) is 0.402. The molecule has 11 heteroatoms. The second kappa shape index (κ2) is 10.3. The van der Waals surface area contributed by atoms with E-state index >= 15 is 0 Å². The zero-order valence-corrected chi connectivity index (χ0v) is 21.0. The van der Waals surface area contributed by atoms with Crippen LogP contribution >= 0.6 is 0 Å². The van der Waals surface area contributed by atoms with Gasteiger partial charge in [0.2, 0.25) is 5.95 Å². The van der Waals surface area contributed by atoms with Gasteiger partial charge in [-0.1, -0.05) is 5.21 Å². The molecule has 0 radical (unpaired) electrons. The number of ether oxygens (including phenoxy) is 2. The molecule has 0 saturated carbocycles. The third-order valence-electron chi connectivity index (χ3n) is 7.03. The Labute approximate surface area is 215 Å². The summed E-state index contributed by atoms with van der Waals surface area (Å²) in [7, 11) is 0. The number of nitrogens with zero attached hydrogens (tertiary/aromatic N) is 7. The van der Waals surface area contributed by atoms with Crippen LogP contribution in [0.15, 0.2) is 40.8 Å². The van der Waals surface area contributed by atoms with E-state index in [1.54, 1.807) is 4.68 Å². The van der Waals surface area contributed by atoms with Crippen LogP contribution in [0.2, 0.25) is 0 Å². The number of nitrogen functional groups attached to an aromatic ring is 1. The highest BCUT2D eigenvalue weighted by atomic mass is 16.5. The Morgan fingerprint density at radius 1 is 0.973 bits per heavy atom. The van der Waals surface area contributed by atoms with Crippen LogP contribution in [0.5, 0.6) is 5.75 Å². The summed E-state index contributed by atoms with van der Waals surface area (Å²) in [5, 5.41) is 8.67. The molecule has 1 aromatic carbocycles. The zero-order valence-electron chi connectivity index (χ0n) is 21.0. The van der Waals surface area contributed by atoms with E-state index in [2.05, 4.69) is 54.3 Å². The molecule has 2 aliphatic heterocycles. The Balaban J connectivity index is 1.04. The smallest absolute Gasteiger partial charge is 0.222 e. The van der Waals surface area contributed by atoms with E-state index in [0.717, 1.165) is 70.3 Å². The van der Waals surface area contributed by atoms with Crippen molar-refractivity contribution >= 4 is 22.8 Å². The van der Waals surface area contributed by atoms with Crippen LogP contribution in [0, 0.1) is 6.92 Å². The van der Waals surface area contributed by atoms with Crippen molar-refractivity contribution in [1.29, 1.82) is 0 Å². The lowest BCUT2D eigenvalue weighted by Crippen LogP contribution is -2.47. The Kier molecular flexibility index (Phi) is 6.62. The Hall–Kier alpha value is -3.70. The molecule has 2 aliphatic rings. The average Bonchev–Trinajstić information content (AvgIpc) is 3.54. The van der Waals surface area contributed by atoms with Crippen molar-refractivity contribution in [3.8, 4) is 17.2 Å². The summed E-state index contributed by atoms with van der Waals surface area (Å²) >= 11 is 0. The highest BCUT2D eigenvalue weighted by Crippen LogP contribution is 2.27. The number of hydrogen-bond acceptors (Lipinski definition) is 10. The number of fused-ring (bicyclic) bond motifs is 1. The third kappa shape index (κ3) is 5.23. The molecule has 0 unspecified atom stereocenters. The van der Waals surface area contributed by atoms with Gasteiger partial charge in [-0.15, -0.1) is 5.10 Å². The van der Waals surface area contributed by atoms with Gasteiger partial charge in [-0.25, -0.2) is 9.67 Å². The highest BCUT2D eigenvalue weighted by Gasteiger charge is 2.21. The first kappa shape index (κ1) is 23.7. The molecule has 37 heavy (non-hydrogen) atoms. The van der Waals surface area contributed by atoms with Crippen LogP contribution in [0.4, 0.5) is 11.6 Å². The molecule has 0 spiro atoms. The summed E-state index contributed by atoms with van der Waals surface area (Å²) in [6.07, 6.45) is 2.17. The van der Waals surface area contributed by atoms with Crippen LogP contribution in [0.25, 0.3) is 22.6 Å². The summed E-state index contributed by atoms with van der Waals surface area (Å²) in [6.45, 7) is 8.86. The number of rotatable bonds is 7. The summed E-state index contributed by atoms with van der Waals surface area (Å²) in [4.78, 5) is 13.6. The van der Waals surface area contributed by atoms with E-state index < -0.39 is 0 Å². The molecule has 2 saturated heterocycles. The predicted octanol–water partition coefficient (Wildman–Crippen LogP) is 2.75. The molecule has 0 aliphatic carbocycles. The number of aromatic nitrogens is 5. The maximum atomic E-state index is 6.11. The molecule has 4 aromatic rings. The lowest BCUT2D eigenvalue weighted by Gasteiger charge is -2.36. The third-order valence-corrected chi connectivity index (χ3v) is 7.03. The van der Waals surface area contributed by atoms with Gasteiger partial charge in [0.1, 0.15) is 23.3 Å². The summed E-state index contributed by atoms with van der Waals surface area (Å²) in [5.41, 5.74) is 9.02. The van der Waals surface area contributed by atoms with Gasteiger partial charge in [-0.05, 0) is 43.3 Å². The van der Waals surface area contributed by atoms with Gasteiger partial charge in [0, 0.05) is 51.3 Å². The molecule has 0 bridgehead atoms. The predicted molar refractivity (Wildman–Crippen MR) is 140 cm³/mol. The van der Waals surface area contributed by atoms with Gasteiger partial charge >= 0.3 is 0 Å². The highest BCUT2D eigenvalue weighted by molar-refractivity contribution is 5.85. The van der Waals surface area contributed by atoms with Crippen molar-refractivity contribution in [2.75, 3.05) is 56.6 Å². The zero-order chi connectivity index (χ0) is 25.2. The first-order valence-corrected chi connectivity index (χ1v) is 12.9. The normalized spacial score (nSPS) is 17.5. The molecule has 3 aromatic heterocycles. The van der Waals surface area contributed by atoms with Gasteiger partial charge in [0.15, 0.2) is 16.9 Å². The number of nitrogens with two attached hydrogens (primary N) is 1. The van der Waals surface area contributed by atoms with Crippen molar-refractivity contribution in [2.24, 2.45) is 0 Å². The lowest BCUT2D eigenvalue weighted by atomic mass is 10.1. The van der Waals surface area contributed by atoms with Crippen LogP contribution < -0.4 is 15.4 Å². The van der Waals surface area contributed by atoms with Crippen molar-refractivity contribution in [2.45, 2.75) is 32.4 Å². The van der Waals surface area contributed by atoms with Crippen LogP contribution in [-0.2, 0) is 11.3 Å². The molecular weight excluding hydrogens is 472 g/mol. The molecule has 0 amide bonds. The molecule has 11 nitrogen and oxygen atoms in total. The fourth-order valence-corrected chi connectivity index (χ4v) is 4.94. The number of anilines is 2. The van der Waals surface area contributed by atoms with Crippen molar-refractivity contribution in [1.82, 2.24) is 29.9 Å². The maximum absolute atomic E-state index is 6.11. The number of aryl methyl sites for hydroxylation is 1. The van der Waals surface area contributed by atoms with E-state index in [4.69, 9.17) is 19.6 Å². The van der Waals surface area contributed by atoms with E-state index in [1.807, 2.05) is 19.1 Å². The van der Waals surface area contributed by atoms with E-state index in [1.165, 1.54) is 5.69 Å². The van der Waals surface area contributed by atoms with Crippen LogP contribution in [0.1, 0.15) is 18.6 Å². The van der Waals surface area contributed by atoms with Crippen molar-refractivity contribution in [3.63, 3.8) is 0 Å². The Morgan fingerprint density at radius 2 is 1.76 bits per heavy atom. The molecule has 2 N–H and O–H groups in total. The van der Waals surface area contributed by atoms with Crippen molar-refractivity contribution < 1.29 is 13.9 Å². The molecule has 5 heterocycles. The Morgan fingerprint density at radius 3 is 2.49 bits per heavy atom. The number of piperazine rings is 1. The second-order valence-electron chi connectivity index (χ2n) is 9.58. The van der Waals surface area contributed by atoms with Gasteiger partial charge in [0.05, 0.1) is 19.8 Å². The minimum Gasteiger partial charge on any atom is -0.490 e. The topological polar surface area (TPSA) is 121 Å². The monoisotopic (exact) mass is 504 g/mol. The second-order valence-corrected chi connectivity index (χ2v) is 9.58. The van der Waals surface area contributed by atoms with Gasteiger partial charge in [-0.3, -0.25) is 4.90 Å². The summed E-state index contributed by atoms with van der Waals surface area (Å²) in [6, 6.07) is 12.2. The van der Waals surface area contributed by atoms with E-state index in [0.29, 0.717) is 29.2 Å². The summed E-state index contributed by atoms with van der Waals surface area (Å²) in [5.74, 6) is 2.52. The fourth-order valence-electron chi connectivity index (χ4n) is 4.94.